The normalized spacial score (nSPS) is 10.2. The molecule has 0 aromatic heterocycles. The minimum Gasteiger partial charge on any atom is -0.449 e. The average Bonchev–Trinajstić information content (AvgIpc) is 2.10. The lowest BCUT2D eigenvalue weighted by molar-refractivity contribution is 0.0884. The van der Waals surface area contributed by atoms with Crippen molar-refractivity contribution in [3.05, 3.63) is 0 Å². The fourth-order valence-electron chi connectivity index (χ4n) is 0.668. The summed E-state index contributed by atoms with van der Waals surface area (Å²) in [7, 11) is 3.30. The molecule has 4 heteroatoms. The van der Waals surface area contributed by atoms with Crippen molar-refractivity contribution in [1.82, 2.24) is 4.90 Å². The average molecular weight is 189 g/mol. The molecule has 0 radical (unpaired) electrons. The van der Waals surface area contributed by atoms with Gasteiger partial charge in [-0.2, -0.15) is 0 Å². The summed E-state index contributed by atoms with van der Waals surface area (Å²) in [5.41, 5.74) is 0. The van der Waals surface area contributed by atoms with Crippen LogP contribution >= 0.6 is 0 Å². The summed E-state index contributed by atoms with van der Waals surface area (Å²) in [6.07, 6.45) is -0.286. The van der Waals surface area contributed by atoms with Gasteiger partial charge in [0.15, 0.2) is 0 Å². The Labute approximate surface area is 79.8 Å². The fourth-order valence-corrected chi connectivity index (χ4v) is 0.668. The number of amides is 1. The van der Waals surface area contributed by atoms with Gasteiger partial charge in [-0.3, -0.25) is 0 Å². The highest BCUT2D eigenvalue weighted by Crippen LogP contribution is 1.96. The number of methoxy groups -OCH3 is 1. The Balaban J connectivity index is 3.57. The Kier molecular flexibility index (Phi) is 6.32. The summed E-state index contributed by atoms with van der Waals surface area (Å²) in [4.78, 5) is 12.7. The number of carbonyl (C=O) groups excluding carboxylic acids is 1. The quantitative estimate of drug-likeness (QED) is 0.655. The molecule has 0 aliphatic carbocycles. The van der Waals surface area contributed by atoms with Crippen molar-refractivity contribution in [2.75, 3.05) is 33.9 Å². The van der Waals surface area contributed by atoms with Gasteiger partial charge in [0.1, 0.15) is 0 Å². The molecule has 0 aliphatic heterocycles. The van der Waals surface area contributed by atoms with E-state index in [2.05, 4.69) is 0 Å². The third-order valence-electron chi connectivity index (χ3n) is 1.48. The largest absolute Gasteiger partial charge is 0.449 e. The van der Waals surface area contributed by atoms with Crippen LogP contribution < -0.4 is 0 Å². The van der Waals surface area contributed by atoms with Gasteiger partial charge >= 0.3 is 6.09 Å². The van der Waals surface area contributed by atoms with Gasteiger partial charge in [0, 0.05) is 20.7 Å². The second-order valence-corrected chi connectivity index (χ2v) is 3.39. The zero-order chi connectivity index (χ0) is 10.3. The number of likely N-dealkylation sites (N-methyl/N-ethyl adjacent to an activating group) is 1. The molecule has 1 amide bonds. The van der Waals surface area contributed by atoms with E-state index in [-0.39, 0.29) is 6.09 Å². The first-order valence-electron chi connectivity index (χ1n) is 4.44. The summed E-state index contributed by atoms with van der Waals surface area (Å²) in [5.74, 6) is 0.375. The van der Waals surface area contributed by atoms with E-state index in [4.69, 9.17) is 9.47 Å². The van der Waals surface area contributed by atoms with Crippen molar-refractivity contribution in [2.24, 2.45) is 5.92 Å². The molecule has 0 atom stereocenters. The zero-order valence-corrected chi connectivity index (χ0v) is 8.87. The molecular weight excluding hydrogens is 170 g/mol. The minimum atomic E-state index is -0.286. The number of rotatable bonds is 5. The van der Waals surface area contributed by atoms with Crippen molar-refractivity contribution < 1.29 is 14.3 Å². The highest BCUT2D eigenvalue weighted by Gasteiger charge is 2.09. The summed E-state index contributed by atoms with van der Waals surface area (Å²) >= 11 is 0. The van der Waals surface area contributed by atoms with Crippen molar-refractivity contribution in [3.8, 4) is 0 Å². The van der Waals surface area contributed by atoms with Crippen LogP contribution in [0.1, 0.15) is 13.8 Å². The number of nitrogens with zero attached hydrogens (tertiary/aromatic N) is 1. The number of ether oxygens (including phenoxy) is 2. The van der Waals surface area contributed by atoms with Gasteiger partial charge in [0.25, 0.3) is 0 Å². The summed E-state index contributed by atoms with van der Waals surface area (Å²) in [6, 6.07) is 0. The molecule has 0 saturated heterocycles. The molecule has 78 valence electrons. The maximum atomic E-state index is 11.2. The lowest BCUT2D eigenvalue weighted by atomic mass is 10.2. The summed E-state index contributed by atoms with van der Waals surface area (Å²) < 4.78 is 9.83. The van der Waals surface area contributed by atoms with E-state index in [1.54, 1.807) is 14.2 Å². The molecule has 0 aromatic carbocycles. The van der Waals surface area contributed by atoms with Gasteiger partial charge in [-0.1, -0.05) is 13.8 Å². The molecule has 0 aromatic rings. The van der Waals surface area contributed by atoms with Crippen LogP contribution in [0.4, 0.5) is 4.79 Å². The smallest absolute Gasteiger partial charge is 0.409 e. The number of hydrogen-bond donors (Lipinski definition) is 0. The molecule has 0 saturated carbocycles. The SMILES string of the molecule is COCCN(C)C(=O)OCC(C)C. The van der Waals surface area contributed by atoms with Gasteiger partial charge in [0.2, 0.25) is 0 Å². The predicted molar refractivity (Wildman–Crippen MR) is 50.7 cm³/mol. The fraction of sp³-hybridized carbons (Fsp3) is 0.889. The molecule has 0 N–H and O–H groups in total. The van der Waals surface area contributed by atoms with E-state index in [0.717, 1.165) is 0 Å². The number of carbonyl (C=O) groups is 1. The first-order chi connectivity index (χ1) is 6.07. The monoisotopic (exact) mass is 189 g/mol. The van der Waals surface area contributed by atoms with Crippen LogP contribution in [0.25, 0.3) is 0 Å². The van der Waals surface area contributed by atoms with Crippen LogP contribution in [-0.2, 0) is 9.47 Å². The molecule has 0 aliphatic rings. The lowest BCUT2D eigenvalue weighted by Crippen LogP contribution is -2.31. The van der Waals surface area contributed by atoms with Crippen molar-refractivity contribution in [1.29, 1.82) is 0 Å². The highest BCUT2D eigenvalue weighted by atomic mass is 16.6. The molecule has 0 unspecified atom stereocenters. The van der Waals surface area contributed by atoms with E-state index in [0.29, 0.717) is 25.7 Å². The number of hydrogen-bond acceptors (Lipinski definition) is 3. The van der Waals surface area contributed by atoms with Crippen LogP contribution in [0, 0.1) is 5.92 Å². The molecule has 0 heterocycles. The van der Waals surface area contributed by atoms with E-state index in [1.807, 2.05) is 13.8 Å². The summed E-state index contributed by atoms with van der Waals surface area (Å²) in [5, 5.41) is 0. The van der Waals surface area contributed by atoms with Gasteiger partial charge in [0.05, 0.1) is 13.2 Å². The second-order valence-electron chi connectivity index (χ2n) is 3.39. The maximum Gasteiger partial charge on any atom is 0.409 e. The van der Waals surface area contributed by atoms with Crippen LogP contribution in [0.15, 0.2) is 0 Å². The molecule has 0 rings (SSSR count). The zero-order valence-electron chi connectivity index (χ0n) is 8.87. The van der Waals surface area contributed by atoms with Crippen molar-refractivity contribution in [2.45, 2.75) is 13.8 Å². The van der Waals surface area contributed by atoms with Crippen LogP contribution in [0.3, 0.4) is 0 Å². The van der Waals surface area contributed by atoms with Gasteiger partial charge in [-0.15, -0.1) is 0 Å². The minimum absolute atomic E-state index is 0.286. The lowest BCUT2D eigenvalue weighted by Gasteiger charge is -2.17. The van der Waals surface area contributed by atoms with Crippen LogP contribution in [-0.4, -0.2) is 44.9 Å². The Morgan fingerprint density at radius 3 is 2.54 bits per heavy atom. The molecule has 0 fully saturated rings. The Hall–Kier alpha value is -0.770. The first kappa shape index (κ1) is 12.2. The van der Waals surface area contributed by atoms with E-state index in [1.165, 1.54) is 4.90 Å². The van der Waals surface area contributed by atoms with Gasteiger partial charge < -0.3 is 14.4 Å². The van der Waals surface area contributed by atoms with Gasteiger partial charge in [-0.05, 0) is 5.92 Å². The molecule has 0 bridgehead atoms. The van der Waals surface area contributed by atoms with Crippen LogP contribution in [0.2, 0.25) is 0 Å². The topological polar surface area (TPSA) is 38.8 Å². The Morgan fingerprint density at radius 1 is 1.46 bits per heavy atom. The third kappa shape index (κ3) is 6.40. The third-order valence-corrected chi connectivity index (χ3v) is 1.48. The van der Waals surface area contributed by atoms with Crippen molar-refractivity contribution >= 4 is 6.09 Å². The molecule has 4 nitrogen and oxygen atoms in total. The van der Waals surface area contributed by atoms with E-state index < -0.39 is 0 Å². The Morgan fingerprint density at radius 2 is 2.08 bits per heavy atom. The van der Waals surface area contributed by atoms with E-state index >= 15 is 0 Å². The standard InChI is InChI=1S/C9H19NO3/c1-8(2)7-13-9(11)10(3)5-6-12-4/h8H,5-7H2,1-4H3. The summed E-state index contributed by atoms with van der Waals surface area (Å²) in [6.45, 7) is 5.57. The van der Waals surface area contributed by atoms with Crippen molar-refractivity contribution in [3.63, 3.8) is 0 Å². The van der Waals surface area contributed by atoms with Gasteiger partial charge in [-0.25, -0.2) is 4.79 Å². The predicted octanol–water partition coefficient (Wildman–Crippen LogP) is 1.36. The maximum absolute atomic E-state index is 11.2. The Bertz CT molecular complexity index is 148. The molecule has 13 heavy (non-hydrogen) atoms. The molecular formula is C9H19NO3. The highest BCUT2D eigenvalue weighted by molar-refractivity contribution is 5.67. The molecule has 0 spiro atoms. The second kappa shape index (κ2) is 6.71. The first-order valence-corrected chi connectivity index (χ1v) is 4.44. The van der Waals surface area contributed by atoms with Crippen LogP contribution in [0.5, 0.6) is 0 Å². The van der Waals surface area contributed by atoms with E-state index in [9.17, 15) is 4.79 Å².